The Labute approximate surface area is 175 Å². The summed E-state index contributed by atoms with van der Waals surface area (Å²) in [5.74, 6) is -1.31. The van der Waals surface area contributed by atoms with Gasteiger partial charge in [0.1, 0.15) is 5.75 Å². The molecule has 0 unspecified atom stereocenters. The molecule has 0 saturated heterocycles. The third-order valence-corrected chi connectivity index (χ3v) is 5.79. The van der Waals surface area contributed by atoms with Crippen LogP contribution < -0.4 is 4.74 Å². The van der Waals surface area contributed by atoms with Crippen molar-refractivity contribution in [1.82, 2.24) is 4.90 Å². The zero-order valence-corrected chi connectivity index (χ0v) is 16.8. The molecule has 1 saturated carbocycles. The number of hydrogen-bond donors (Lipinski definition) is 1. The Bertz CT molecular complexity index is 995. The molecular weight excluding hydrogens is 382 g/mol. The highest BCUT2D eigenvalue weighted by molar-refractivity contribution is 6.01. The Balaban J connectivity index is 2.15. The minimum Gasteiger partial charge on any atom is -0.497 e. The summed E-state index contributed by atoms with van der Waals surface area (Å²) >= 11 is 0. The first-order valence-electron chi connectivity index (χ1n) is 9.54. The summed E-state index contributed by atoms with van der Waals surface area (Å²) in [6.45, 7) is 2.31. The van der Waals surface area contributed by atoms with E-state index >= 15 is 0 Å². The van der Waals surface area contributed by atoms with Crippen molar-refractivity contribution < 1.29 is 14.3 Å². The van der Waals surface area contributed by atoms with E-state index in [4.69, 9.17) is 14.9 Å². The number of fused-ring (bicyclic) bond motifs is 1. The molecular formula is C22H21N5O3. The summed E-state index contributed by atoms with van der Waals surface area (Å²) < 4.78 is 10.3. The number of nitriles is 3. The molecule has 3 rings (SSSR count). The summed E-state index contributed by atoms with van der Waals surface area (Å²) in [6, 6.07) is 13.2. The van der Waals surface area contributed by atoms with Crippen LogP contribution >= 0.6 is 0 Å². The van der Waals surface area contributed by atoms with E-state index in [1.807, 2.05) is 24.3 Å². The van der Waals surface area contributed by atoms with Gasteiger partial charge in [0, 0.05) is 24.9 Å². The van der Waals surface area contributed by atoms with E-state index < -0.39 is 29.3 Å². The normalized spacial score (nSPS) is 24.4. The Hall–Kier alpha value is -3.83. The fourth-order valence-corrected chi connectivity index (χ4v) is 4.34. The van der Waals surface area contributed by atoms with Crippen LogP contribution in [0.4, 0.5) is 4.79 Å². The lowest BCUT2D eigenvalue weighted by atomic mass is 9.55. The second-order valence-electron chi connectivity index (χ2n) is 7.16. The van der Waals surface area contributed by atoms with Crippen molar-refractivity contribution in [2.45, 2.75) is 12.8 Å². The maximum Gasteiger partial charge on any atom is 0.410 e. The second-order valence-corrected chi connectivity index (χ2v) is 7.16. The molecule has 2 aliphatic rings. The quantitative estimate of drug-likeness (QED) is 0.771. The van der Waals surface area contributed by atoms with Crippen LogP contribution in [0.5, 0.6) is 5.75 Å². The van der Waals surface area contributed by atoms with E-state index in [-0.39, 0.29) is 25.4 Å². The van der Waals surface area contributed by atoms with E-state index in [9.17, 15) is 20.6 Å². The maximum atomic E-state index is 12.3. The molecule has 0 radical (unpaired) electrons. The molecule has 152 valence electrons. The van der Waals surface area contributed by atoms with Crippen LogP contribution in [0, 0.1) is 56.7 Å². The molecule has 1 amide bonds. The molecule has 8 heteroatoms. The molecule has 0 bridgehead atoms. The van der Waals surface area contributed by atoms with Crippen molar-refractivity contribution in [3.8, 4) is 24.0 Å². The molecule has 0 spiro atoms. The number of amides is 1. The van der Waals surface area contributed by atoms with Crippen LogP contribution in [0.1, 0.15) is 18.4 Å². The van der Waals surface area contributed by atoms with E-state index in [1.54, 1.807) is 32.2 Å². The lowest BCUT2D eigenvalue weighted by Gasteiger charge is -2.47. The topological polar surface area (TPSA) is 134 Å². The minimum atomic E-state index is -1.81. The number of carbonyl (C=O) groups excluding carboxylic acids is 1. The molecule has 1 aromatic carbocycles. The highest BCUT2D eigenvalue weighted by atomic mass is 16.6. The molecule has 1 heterocycles. The lowest BCUT2D eigenvalue weighted by molar-refractivity contribution is 0.0998. The standard InChI is InChI=1S/C22H21N5O3/c1-3-30-21(28)27-9-8-18-17(11-27)19(14-4-6-15(29-2)7-5-14)16(10-23)20(26)22(18,12-24)13-25/h4-8,16-17,19,26H,3,9,11H2,1-2H3/t16-,17+,19+/m1/s1. The largest absolute Gasteiger partial charge is 0.497 e. The predicted molar refractivity (Wildman–Crippen MR) is 106 cm³/mol. The van der Waals surface area contributed by atoms with Gasteiger partial charge < -0.3 is 19.8 Å². The Morgan fingerprint density at radius 2 is 1.93 bits per heavy atom. The zero-order chi connectivity index (χ0) is 21.9. The number of methoxy groups -OCH3 is 1. The fourth-order valence-electron chi connectivity index (χ4n) is 4.34. The molecule has 1 fully saturated rings. The van der Waals surface area contributed by atoms with Crippen molar-refractivity contribution in [3.63, 3.8) is 0 Å². The van der Waals surface area contributed by atoms with Gasteiger partial charge in [-0.1, -0.05) is 18.2 Å². The van der Waals surface area contributed by atoms with Gasteiger partial charge in [-0.3, -0.25) is 0 Å². The molecule has 30 heavy (non-hydrogen) atoms. The SMILES string of the molecule is CCOC(=O)N1CC=C2[C@H](C1)[C@@H](c1ccc(OC)cc1)[C@@H](C#N)C(=N)C2(C#N)C#N. The monoisotopic (exact) mass is 403 g/mol. The van der Waals surface area contributed by atoms with Gasteiger partial charge in [-0.2, -0.15) is 15.8 Å². The number of ether oxygens (including phenoxy) is 2. The average molecular weight is 403 g/mol. The van der Waals surface area contributed by atoms with Crippen LogP contribution in [-0.4, -0.2) is 43.5 Å². The van der Waals surface area contributed by atoms with Crippen LogP contribution in [-0.2, 0) is 4.74 Å². The highest BCUT2D eigenvalue weighted by Crippen LogP contribution is 2.52. The van der Waals surface area contributed by atoms with Crippen molar-refractivity contribution in [3.05, 3.63) is 41.5 Å². The highest BCUT2D eigenvalue weighted by Gasteiger charge is 2.56. The molecule has 1 aromatic rings. The van der Waals surface area contributed by atoms with Gasteiger partial charge in [0.25, 0.3) is 0 Å². The first-order valence-corrected chi connectivity index (χ1v) is 9.54. The molecule has 0 aromatic heterocycles. The molecule has 3 atom stereocenters. The average Bonchev–Trinajstić information content (AvgIpc) is 2.78. The Morgan fingerprint density at radius 3 is 2.47 bits per heavy atom. The van der Waals surface area contributed by atoms with E-state index in [1.165, 1.54) is 4.90 Å². The summed E-state index contributed by atoms with van der Waals surface area (Å²) in [5.41, 5.74) is -0.777. The van der Waals surface area contributed by atoms with Gasteiger partial charge in [0.2, 0.25) is 5.41 Å². The van der Waals surface area contributed by atoms with Crippen molar-refractivity contribution in [2.75, 3.05) is 26.8 Å². The van der Waals surface area contributed by atoms with Crippen LogP contribution in [0.2, 0.25) is 0 Å². The molecule has 8 nitrogen and oxygen atoms in total. The van der Waals surface area contributed by atoms with Crippen LogP contribution in [0.15, 0.2) is 35.9 Å². The predicted octanol–water partition coefficient (Wildman–Crippen LogP) is 3.00. The van der Waals surface area contributed by atoms with Crippen LogP contribution in [0.25, 0.3) is 0 Å². The third kappa shape index (κ3) is 3.15. The van der Waals surface area contributed by atoms with Gasteiger partial charge in [-0.15, -0.1) is 0 Å². The Kier molecular flexibility index (Phi) is 5.76. The van der Waals surface area contributed by atoms with Crippen molar-refractivity contribution in [2.24, 2.45) is 17.3 Å². The van der Waals surface area contributed by atoms with E-state index in [0.29, 0.717) is 11.3 Å². The minimum absolute atomic E-state index is 0.176. The van der Waals surface area contributed by atoms with Gasteiger partial charge in [0.05, 0.1) is 43.6 Å². The summed E-state index contributed by atoms with van der Waals surface area (Å²) in [7, 11) is 1.55. The number of benzene rings is 1. The number of carbonyl (C=O) groups is 1. The van der Waals surface area contributed by atoms with Gasteiger partial charge >= 0.3 is 6.09 Å². The second kappa shape index (κ2) is 8.27. The number of nitrogens with zero attached hydrogens (tertiary/aromatic N) is 4. The summed E-state index contributed by atoms with van der Waals surface area (Å²) in [4.78, 5) is 13.8. The first-order chi connectivity index (χ1) is 14.5. The van der Waals surface area contributed by atoms with Gasteiger partial charge in [-0.05, 0) is 30.2 Å². The number of rotatable bonds is 3. The first kappa shape index (κ1) is 20.9. The summed E-state index contributed by atoms with van der Waals surface area (Å²) in [5, 5.41) is 38.2. The number of nitrogens with one attached hydrogen (secondary N) is 1. The van der Waals surface area contributed by atoms with Gasteiger partial charge in [0.15, 0.2) is 0 Å². The smallest absolute Gasteiger partial charge is 0.410 e. The Morgan fingerprint density at radius 1 is 1.27 bits per heavy atom. The third-order valence-electron chi connectivity index (χ3n) is 5.79. The van der Waals surface area contributed by atoms with Crippen molar-refractivity contribution >= 4 is 11.8 Å². The number of hydrogen-bond acceptors (Lipinski definition) is 7. The maximum absolute atomic E-state index is 12.3. The van der Waals surface area contributed by atoms with Gasteiger partial charge in [-0.25, -0.2) is 4.79 Å². The molecule has 1 aliphatic carbocycles. The summed E-state index contributed by atoms with van der Waals surface area (Å²) in [6.07, 6.45) is 1.17. The van der Waals surface area contributed by atoms with E-state index in [2.05, 4.69) is 6.07 Å². The molecule has 1 N–H and O–H groups in total. The fraction of sp³-hybridized carbons (Fsp3) is 0.409. The van der Waals surface area contributed by atoms with Crippen molar-refractivity contribution in [1.29, 1.82) is 21.2 Å². The zero-order valence-electron chi connectivity index (χ0n) is 16.8. The van der Waals surface area contributed by atoms with Crippen LogP contribution in [0.3, 0.4) is 0 Å². The lowest BCUT2D eigenvalue weighted by Crippen LogP contribution is -2.53. The molecule has 1 aliphatic heterocycles. The van der Waals surface area contributed by atoms with E-state index in [0.717, 1.165) is 5.56 Å².